The summed E-state index contributed by atoms with van der Waals surface area (Å²) in [5.74, 6) is 0.820. The lowest BCUT2D eigenvalue weighted by molar-refractivity contribution is 0.105. The third kappa shape index (κ3) is 4.88. The molecule has 0 aliphatic carbocycles. The van der Waals surface area contributed by atoms with Gasteiger partial charge in [-0.05, 0) is 54.5 Å². The summed E-state index contributed by atoms with van der Waals surface area (Å²) >= 11 is 1.56. The highest BCUT2D eigenvalue weighted by Crippen LogP contribution is 2.19. The van der Waals surface area contributed by atoms with Crippen molar-refractivity contribution >= 4 is 23.2 Å². The monoisotopic (exact) mass is 349 g/mol. The molecule has 0 atom stereocenters. The molecule has 0 spiro atoms. The number of aromatic nitrogens is 1. The number of nitrogens with zero attached hydrogens (tertiary/aromatic N) is 1. The Morgan fingerprint density at radius 2 is 1.96 bits per heavy atom. The van der Waals surface area contributed by atoms with Gasteiger partial charge in [0.1, 0.15) is 12.4 Å². The third-order valence-corrected chi connectivity index (χ3v) is 4.92. The fourth-order valence-electron chi connectivity index (χ4n) is 2.27. The lowest BCUT2D eigenvalue weighted by atomic mass is 10.2. The number of aryl methyl sites for hydroxylation is 1. The summed E-state index contributed by atoms with van der Waals surface area (Å²) < 4.78 is 5.71. The number of carbonyl (C=O) groups excluding carboxylic acids is 1. The normalized spacial score (nSPS) is 10.9. The van der Waals surface area contributed by atoms with Crippen LogP contribution < -0.4 is 4.74 Å². The lowest BCUT2D eigenvalue weighted by Gasteiger charge is -2.05. The molecule has 4 heteroatoms. The van der Waals surface area contributed by atoms with Crippen LogP contribution in [0.15, 0.2) is 66.9 Å². The summed E-state index contributed by atoms with van der Waals surface area (Å²) in [7, 11) is 0. The van der Waals surface area contributed by atoms with Gasteiger partial charge in [0.05, 0.1) is 10.6 Å². The second kappa shape index (κ2) is 8.40. The van der Waals surface area contributed by atoms with Crippen molar-refractivity contribution in [2.45, 2.75) is 20.0 Å². The average Bonchev–Trinajstić information content (AvgIpc) is 3.15. The number of thiophene rings is 1. The summed E-state index contributed by atoms with van der Waals surface area (Å²) in [4.78, 5) is 18.4. The first-order chi connectivity index (χ1) is 12.2. The van der Waals surface area contributed by atoms with Crippen LogP contribution in [0.5, 0.6) is 5.75 Å². The molecule has 0 N–H and O–H groups in total. The predicted octanol–water partition coefficient (Wildman–Crippen LogP) is 5.18. The molecule has 25 heavy (non-hydrogen) atoms. The first-order valence-corrected chi connectivity index (χ1v) is 9.00. The van der Waals surface area contributed by atoms with Gasteiger partial charge in [0.15, 0.2) is 5.78 Å². The van der Waals surface area contributed by atoms with E-state index in [1.807, 2.05) is 60.7 Å². The first kappa shape index (κ1) is 17.1. The summed E-state index contributed by atoms with van der Waals surface area (Å²) in [5.41, 5.74) is 1.85. The first-order valence-electron chi connectivity index (χ1n) is 8.18. The summed E-state index contributed by atoms with van der Waals surface area (Å²) in [6, 6.07) is 17.3. The molecule has 0 unspecified atom stereocenters. The summed E-state index contributed by atoms with van der Waals surface area (Å²) in [5, 5.41) is 0. The van der Waals surface area contributed by atoms with E-state index in [1.54, 1.807) is 23.6 Å². The molecular weight excluding hydrogens is 330 g/mol. The van der Waals surface area contributed by atoms with Crippen LogP contribution in [0.4, 0.5) is 0 Å². The number of pyridine rings is 1. The van der Waals surface area contributed by atoms with Gasteiger partial charge in [-0.2, -0.15) is 0 Å². The van der Waals surface area contributed by atoms with Crippen LogP contribution in [0.3, 0.4) is 0 Å². The molecule has 0 radical (unpaired) electrons. The minimum absolute atomic E-state index is 0.0418. The number of rotatable bonds is 7. The van der Waals surface area contributed by atoms with Crippen LogP contribution in [0.1, 0.15) is 32.7 Å². The molecule has 1 aromatic carbocycles. The van der Waals surface area contributed by atoms with Gasteiger partial charge in [-0.1, -0.05) is 31.2 Å². The van der Waals surface area contributed by atoms with Crippen molar-refractivity contribution in [2.75, 3.05) is 0 Å². The maximum atomic E-state index is 12.2. The van der Waals surface area contributed by atoms with Crippen molar-refractivity contribution < 1.29 is 9.53 Å². The van der Waals surface area contributed by atoms with Crippen molar-refractivity contribution in [1.29, 1.82) is 0 Å². The molecular formula is C21H19NO2S. The highest BCUT2D eigenvalue weighted by atomic mass is 32.1. The van der Waals surface area contributed by atoms with Gasteiger partial charge in [-0.15, -0.1) is 11.3 Å². The van der Waals surface area contributed by atoms with Gasteiger partial charge in [-0.25, -0.2) is 0 Å². The van der Waals surface area contributed by atoms with Crippen LogP contribution in [0.2, 0.25) is 0 Å². The minimum atomic E-state index is 0.0418. The fraction of sp³-hybridized carbons (Fsp3) is 0.143. The molecule has 0 saturated carbocycles. The van der Waals surface area contributed by atoms with Crippen molar-refractivity contribution in [3.05, 3.63) is 87.9 Å². The van der Waals surface area contributed by atoms with Crippen LogP contribution in [-0.2, 0) is 13.0 Å². The van der Waals surface area contributed by atoms with Crippen molar-refractivity contribution in [3.8, 4) is 5.75 Å². The zero-order valence-corrected chi connectivity index (χ0v) is 14.8. The SMILES string of the molecule is CCc1ccc(C(=O)/C=C/c2ccc(OCc3ccccn3)cc2)s1. The molecule has 0 saturated heterocycles. The topological polar surface area (TPSA) is 39.2 Å². The van der Waals surface area contributed by atoms with Gasteiger partial charge >= 0.3 is 0 Å². The van der Waals surface area contributed by atoms with E-state index >= 15 is 0 Å². The van der Waals surface area contributed by atoms with Crippen LogP contribution >= 0.6 is 11.3 Å². The Balaban J connectivity index is 1.57. The van der Waals surface area contributed by atoms with E-state index in [2.05, 4.69) is 11.9 Å². The largest absolute Gasteiger partial charge is 0.487 e. The van der Waals surface area contributed by atoms with Crippen molar-refractivity contribution in [1.82, 2.24) is 4.98 Å². The molecule has 0 aliphatic rings. The van der Waals surface area contributed by atoms with Crippen LogP contribution in [0.25, 0.3) is 6.08 Å². The second-order valence-electron chi connectivity index (χ2n) is 5.50. The number of ketones is 1. The van der Waals surface area contributed by atoms with Crippen molar-refractivity contribution in [2.24, 2.45) is 0 Å². The van der Waals surface area contributed by atoms with Gasteiger partial charge in [0.25, 0.3) is 0 Å². The molecule has 2 heterocycles. The number of ether oxygens (including phenoxy) is 1. The van der Waals surface area contributed by atoms with Gasteiger partial charge in [0.2, 0.25) is 0 Å². The summed E-state index contributed by atoms with van der Waals surface area (Å²) in [6.07, 6.45) is 6.16. The van der Waals surface area contributed by atoms with E-state index in [9.17, 15) is 4.79 Å². The van der Waals surface area contributed by atoms with E-state index in [-0.39, 0.29) is 5.78 Å². The average molecular weight is 349 g/mol. The van der Waals surface area contributed by atoms with Crippen LogP contribution in [-0.4, -0.2) is 10.8 Å². The van der Waals surface area contributed by atoms with Gasteiger partial charge in [0, 0.05) is 11.1 Å². The molecule has 126 valence electrons. The van der Waals surface area contributed by atoms with Crippen LogP contribution in [0, 0.1) is 0 Å². The third-order valence-electron chi connectivity index (χ3n) is 3.67. The quantitative estimate of drug-likeness (QED) is 0.436. The van der Waals surface area contributed by atoms with Crippen molar-refractivity contribution in [3.63, 3.8) is 0 Å². The van der Waals surface area contributed by atoms with E-state index in [0.717, 1.165) is 28.3 Å². The van der Waals surface area contributed by atoms with E-state index in [1.165, 1.54) is 4.88 Å². The zero-order valence-electron chi connectivity index (χ0n) is 14.0. The Morgan fingerprint density at radius 1 is 1.12 bits per heavy atom. The fourth-order valence-corrected chi connectivity index (χ4v) is 3.14. The van der Waals surface area contributed by atoms with Gasteiger partial charge < -0.3 is 4.74 Å². The summed E-state index contributed by atoms with van der Waals surface area (Å²) in [6.45, 7) is 2.53. The van der Waals surface area contributed by atoms with E-state index < -0.39 is 0 Å². The lowest BCUT2D eigenvalue weighted by Crippen LogP contribution is -1.97. The maximum absolute atomic E-state index is 12.2. The Hall–Kier alpha value is -2.72. The molecule has 0 bridgehead atoms. The highest BCUT2D eigenvalue weighted by Gasteiger charge is 2.05. The molecule has 3 nitrogen and oxygen atoms in total. The minimum Gasteiger partial charge on any atom is -0.487 e. The Labute approximate surface area is 151 Å². The number of hydrogen-bond donors (Lipinski definition) is 0. The zero-order chi connectivity index (χ0) is 17.5. The molecule has 2 aromatic heterocycles. The van der Waals surface area contributed by atoms with E-state index in [4.69, 9.17) is 4.74 Å². The Kier molecular flexibility index (Phi) is 5.75. The van der Waals surface area contributed by atoms with E-state index in [0.29, 0.717) is 6.61 Å². The number of hydrogen-bond acceptors (Lipinski definition) is 4. The highest BCUT2D eigenvalue weighted by molar-refractivity contribution is 7.14. The number of carbonyl (C=O) groups is 1. The standard InChI is InChI=1S/C21H19NO2S/c1-2-19-11-13-21(25-19)20(23)12-8-16-6-9-18(10-7-16)24-15-17-5-3-4-14-22-17/h3-14H,2,15H2,1H3/b12-8+. The Bertz CT molecular complexity index is 851. The number of benzene rings is 1. The second-order valence-corrected chi connectivity index (χ2v) is 6.66. The number of allylic oxidation sites excluding steroid dienone is 1. The maximum Gasteiger partial charge on any atom is 0.195 e. The molecule has 3 rings (SSSR count). The molecule has 0 fully saturated rings. The molecule has 3 aromatic rings. The molecule has 0 aliphatic heterocycles. The molecule has 0 amide bonds. The smallest absolute Gasteiger partial charge is 0.195 e. The Morgan fingerprint density at radius 3 is 2.64 bits per heavy atom. The predicted molar refractivity (Wildman–Crippen MR) is 102 cm³/mol. The van der Waals surface area contributed by atoms with Gasteiger partial charge in [-0.3, -0.25) is 9.78 Å².